The van der Waals surface area contributed by atoms with E-state index in [2.05, 4.69) is 6.92 Å². The van der Waals surface area contributed by atoms with Crippen molar-refractivity contribution < 1.29 is 19.4 Å². The van der Waals surface area contributed by atoms with E-state index in [1.165, 1.54) is 11.3 Å². The Balaban J connectivity index is 1.93. The van der Waals surface area contributed by atoms with Gasteiger partial charge in [-0.2, -0.15) is 0 Å². The molecule has 0 radical (unpaired) electrons. The van der Waals surface area contributed by atoms with Gasteiger partial charge in [-0.25, -0.2) is 4.79 Å². The van der Waals surface area contributed by atoms with Crippen LogP contribution < -0.4 is 9.47 Å². The summed E-state index contributed by atoms with van der Waals surface area (Å²) >= 11 is 1.25. The molecular formula is C15H14O4S. The molecule has 5 heteroatoms. The molecule has 4 nitrogen and oxygen atoms in total. The van der Waals surface area contributed by atoms with Crippen LogP contribution >= 0.6 is 11.3 Å². The standard InChI is InChI=1S/C15H14O4S/c1-9-7-18-11-3-2-10(6-12(11)19-8-9)13-4-5-14(20-13)15(16)17/h2-6,9H,7-8H2,1H3,(H,16,17). The van der Waals surface area contributed by atoms with Gasteiger partial charge in [-0.15, -0.1) is 11.3 Å². The summed E-state index contributed by atoms with van der Waals surface area (Å²) in [6.07, 6.45) is 0. The molecule has 0 fully saturated rings. The van der Waals surface area contributed by atoms with Crippen molar-refractivity contribution >= 4 is 17.3 Å². The average molecular weight is 290 g/mol. The maximum atomic E-state index is 10.9. The minimum Gasteiger partial charge on any atom is -0.489 e. The molecule has 0 saturated heterocycles. The lowest BCUT2D eigenvalue weighted by atomic mass is 10.1. The first kappa shape index (κ1) is 13.0. The largest absolute Gasteiger partial charge is 0.489 e. The van der Waals surface area contributed by atoms with E-state index in [4.69, 9.17) is 14.6 Å². The molecule has 2 aromatic rings. The summed E-state index contributed by atoms with van der Waals surface area (Å²) in [6, 6.07) is 9.15. The minimum atomic E-state index is -0.899. The van der Waals surface area contributed by atoms with E-state index in [1.54, 1.807) is 6.07 Å². The molecule has 1 aromatic heterocycles. The van der Waals surface area contributed by atoms with Crippen molar-refractivity contribution in [2.24, 2.45) is 5.92 Å². The Morgan fingerprint density at radius 2 is 1.95 bits per heavy atom. The van der Waals surface area contributed by atoms with Gasteiger partial charge >= 0.3 is 5.97 Å². The summed E-state index contributed by atoms with van der Waals surface area (Å²) in [7, 11) is 0. The molecule has 20 heavy (non-hydrogen) atoms. The molecular weight excluding hydrogens is 276 g/mol. The second-order valence-electron chi connectivity index (χ2n) is 4.86. The zero-order chi connectivity index (χ0) is 14.1. The molecule has 1 unspecified atom stereocenters. The predicted molar refractivity (Wildman–Crippen MR) is 76.9 cm³/mol. The fourth-order valence-electron chi connectivity index (χ4n) is 2.01. The molecule has 0 saturated carbocycles. The molecule has 1 atom stereocenters. The first-order valence-electron chi connectivity index (χ1n) is 6.36. The molecule has 1 aromatic carbocycles. The molecule has 3 rings (SSSR count). The Morgan fingerprint density at radius 3 is 2.65 bits per heavy atom. The maximum Gasteiger partial charge on any atom is 0.345 e. The topological polar surface area (TPSA) is 55.8 Å². The van der Waals surface area contributed by atoms with Gasteiger partial charge < -0.3 is 14.6 Å². The van der Waals surface area contributed by atoms with Crippen molar-refractivity contribution in [1.82, 2.24) is 0 Å². The second-order valence-corrected chi connectivity index (χ2v) is 5.94. The number of thiophene rings is 1. The number of hydrogen-bond donors (Lipinski definition) is 1. The summed E-state index contributed by atoms with van der Waals surface area (Å²) in [5.41, 5.74) is 0.944. The highest BCUT2D eigenvalue weighted by atomic mass is 32.1. The van der Waals surface area contributed by atoms with Gasteiger partial charge in [-0.05, 0) is 35.9 Å². The van der Waals surface area contributed by atoms with Gasteiger partial charge in [0, 0.05) is 10.8 Å². The van der Waals surface area contributed by atoms with Gasteiger partial charge in [0.05, 0.1) is 13.2 Å². The first-order valence-corrected chi connectivity index (χ1v) is 7.18. The third kappa shape index (κ3) is 2.49. The van der Waals surface area contributed by atoms with Crippen LogP contribution in [-0.2, 0) is 0 Å². The van der Waals surface area contributed by atoms with Crippen LogP contribution in [0.5, 0.6) is 11.5 Å². The number of hydrogen-bond acceptors (Lipinski definition) is 4. The van der Waals surface area contributed by atoms with Gasteiger partial charge in [-0.3, -0.25) is 0 Å². The molecule has 2 heterocycles. The molecule has 0 spiro atoms. The Kier molecular flexibility index (Phi) is 3.36. The Morgan fingerprint density at radius 1 is 1.20 bits per heavy atom. The summed E-state index contributed by atoms with van der Waals surface area (Å²) in [5, 5.41) is 8.97. The number of aromatic carboxylic acids is 1. The SMILES string of the molecule is CC1COc2ccc(-c3ccc(C(=O)O)s3)cc2OC1. The van der Waals surface area contributed by atoms with Crippen molar-refractivity contribution in [2.45, 2.75) is 6.92 Å². The normalized spacial score (nSPS) is 17.6. The third-order valence-corrected chi connectivity index (χ3v) is 4.21. The number of ether oxygens (including phenoxy) is 2. The highest BCUT2D eigenvalue weighted by Gasteiger charge is 2.16. The molecule has 104 valence electrons. The van der Waals surface area contributed by atoms with Crippen LogP contribution in [0, 0.1) is 5.92 Å². The van der Waals surface area contributed by atoms with Crippen LogP contribution in [0.25, 0.3) is 10.4 Å². The van der Waals surface area contributed by atoms with Gasteiger partial charge in [0.2, 0.25) is 0 Å². The van der Waals surface area contributed by atoms with Gasteiger partial charge in [-0.1, -0.05) is 6.92 Å². The fraction of sp³-hybridized carbons (Fsp3) is 0.267. The lowest BCUT2D eigenvalue weighted by Crippen LogP contribution is -2.12. The average Bonchev–Trinajstić information content (AvgIpc) is 2.86. The summed E-state index contributed by atoms with van der Waals surface area (Å²) in [5.74, 6) is 0.917. The lowest BCUT2D eigenvalue weighted by Gasteiger charge is -2.08. The molecule has 1 aliphatic rings. The fourth-order valence-corrected chi connectivity index (χ4v) is 2.85. The Bertz CT molecular complexity index is 647. The number of carboxylic acid groups (broad SMARTS) is 1. The van der Waals surface area contributed by atoms with Crippen molar-refractivity contribution in [3.63, 3.8) is 0 Å². The van der Waals surface area contributed by atoms with Crippen molar-refractivity contribution in [1.29, 1.82) is 0 Å². The van der Waals surface area contributed by atoms with Gasteiger partial charge in [0.15, 0.2) is 11.5 Å². The number of rotatable bonds is 2. The lowest BCUT2D eigenvalue weighted by molar-refractivity contribution is 0.0702. The van der Waals surface area contributed by atoms with Crippen molar-refractivity contribution in [3.05, 3.63) is 35.2 Å². The van der Waals surface area contributed by atoms with E-state index >= 15 is 0 Å². The van der Waals surface area contributed by atoms with Crippen LogP contribution in [0.15, 0.2) is 30.3 Å². The highest BCUT2D eigenvalue weighted by molar-refractivity contribution is 7.17. The molecule has 1 N–H and O–H groups in total. The van der Waals surface area contributed by atoms with Crippen LogP contribution in [-0.4, -0.2) is 24.3 Å². The van der Waals surface area contributed by atoms with E-state index in [1.807, 2.05) is 24.3 Å². The first-order chi connectivity index (χ1) is 9.63. The Labute approximate surface area is 120 Å². The molecule has 0 aliphatic carbocycles. The number of carbonyl (C=O) groups is 1. The summed E-state index contributed by atoms with van der Waals surface area (Å²) in [4.78, 5) is 12.2. The van der Waals surface area contributed by atoms with Crippen molar-refractivity contribution in [3.8, 4) is 21.9 Å². The van der Waals surface area contributed by atoms with Crippen LogP contribution in [0.1, 0.15) is 16.6 Å². The number of fused-ring (bicyclic) bond motifs is 1. The zero-order valence-corrected chi connectivity index (χ0v) is 11.8. The monoisotopic (exact) mass is 290 g/mol. The summed E-state index contributed by atoms with van der Waals surface area (Å²) < 4.78 is 11.4. The minimum absolute atomic E-state index is 0.334. The highest BCUT2D eigenvalue weighted by Crippen LogP contribution is 2.37. The van der Waals surface area contributed by atoms with Gasteiger partial charge in [0.1, 0.15) is 4.88 Å². The predicted octanol–water partition coefficient (Wildman–Crippen LogP) is 3.52. The van der Waals surface area contributed by atoms with E-state index in [-0.39, 0.29) is 0 Å². The van der Waals surface area contributed by atoms with Gasteiger partial charge in [0.25, 0.3) is 0 Å². The van der Waals surface area contributed by atoms with E-state index in [0.717, 1.165) is 21.9 Å². The molecule has 0 bridgehead atoms. The Hall–Kier alpha value is -2.01. The maximum absolute atomic E-state index is 10.9. The van der Waals surface area contributed by atoms with Crippen LogP contribution in [0.2, 0.25) is 0 Å². The van der Waals surface area contributed by atoms with E-state index in [0.29, 0.717) is 24.0 Å². The van der Waals surface area contributed by atoms with Crippen LogP contribution in [0.3, 0.4) is 0 Å². The molecule has 0 amide bonds. The second kappa shape index (κ2) is 5.17. The quantitative estimate of drug-likeness (QED) is 0.919. The van der Waals surface area contributed by atoms with E-state index < -0.39 is 5.97 Å². The smallest absolute Gasteiger partial charge is 0.345 e. The number of benzene rings is 1. The van der Waals surface area contributed by atoms with Crippen molar-refractivity contribution in [2.75, 3.05) is 13.2 Å². The third-order valence-electron chi connectivity index (χ3n) is 3.09. The van der Waals surface area contributed by atoms with Crippen LogP contribution in [0.4, 0.5) is 0 Å². The number of carboxylic acids is 1. The summed E-state index contributed by atoms with van der Waals surface area (Å²) in [6.45, 7) is 3.35. The van der Waals surface area contributed by atoms with E-state index in [9.17, 15) is 4.79 Å². The molecule has 1 aliphatic heterocycles. The zero-order valence-electron chi connectivity index (χ0n) is 11.0.